The lowest BCUT2D eigenvalue weighted by Gasteiger charge is -2.38. The van der Waals surface area contributed by atoms with Crippen molar-refractivity contribution in [3.8, 4) is 11.5 Å². The SMILES string of the molecule is Cc1ccc2c(c1)[C@H](NC(=O)[C@@H](C)Oc1ccc3ccccc3c1)CC(C)(C)O2. The Morgan fingerprint density at radius 3 is 2.66 bits per heavy atom. The molecule has 0 fully saturated rings. The number of nitrogens with one attached hydrogen (secondary N) is 1. The molecule has 1 aliphatic heterocycles. The van der Waals surface area contributed by atoms with Crippen LogP contribution < -0.4 is 14.8 Å². The van der Waals surface area contributed by atoms with Gasteiger partial charge < -0.3 is 14.8 Å². The van der Waals surface area contributed by atoms with E-state index in [1.54, 1.807) is 6.92 Å². The fourth-order valence-electron chi connectivity index (χ4n) is 3.89. The highest BCUT2D eigenvalue weighted by atomic mass is 16.5. The van der Waals surface area contributed by atoms with E-state index in [4.69, 9.17) is 9.47 Å². The van der Waals surface area contributed by atoms with Crippen molar-refractivity contribution in [1.29, 1.82) is 0 Å². The van der Waals surface area contributed by atoms with Gasteiger partial charge in [-0.1, -0.05) is 48.0 Å². The minimum atomic E-state index is -0.602. The van der Waals surface area contributed by atoms with Crippen LogP contribution in [0.5, 0.6) is 11.5 Å². The van der Waals surface area contributed by atoms with Crippen molar-refractivity contribution in [2.24, 2.45) is 0 Å². The number of carbonyl (C=O) groups is 1. The predicted octanol–water partition coefficient (Wildman–Crippen LogP) is 5.33. The van der Waals surface area contributed by atoms with Gasteiger partial charge in [0.25, 0.3) is 5.91 Å². The number of carbonyl (C=O) groups excluding carboxylic acids is 1. The average Bonchev–Trinajstić information content (AvgIpc) is 2.68. The lowest BCUT2D eigenvalue weighted by atomic mass is 9.89. The van der Waals surface area contributed by atoms with Gasteiger partial charge in [0, 0.05) is 12.0 Å². The van der Waals surface area contributed by atoms with E-state index in [0.29, 0.717) is 12.2 Å². The Balaban J connectivity index is 1.50. The van der Waals surface area contributed by atoms with Crippen LogP contribution in [0.1, 0.15) is 44.4 Å². The maximum atomic E-state index is 12.9. The van der Waals surface area contributed by atoms with Crippen molar-refractivity contribution in [2.45, 2.75) is 51.9 Å². The number of hydrogen-bond acceptors (Lipinski definition) is 3. The quantitative estimate of drug-likeness (QED) is 0.656. The lowest BCUT2D eigenvalue weighted by molar-refractivity contribution is -0.128. The molecule has 0 bridgehead atoms. The first-order valence-electron chi connectivity index (χ1n) is 10.1. The summed E-state index contributed by atoms with van der Waals surface area (Å²) in [6, 6.07) is 20.0. The smallest absolute Gasteiger partial charge is 0.261 e. The molecule has 29 heavy (non-hydrogen) atoms. The molecule has 2 atom stereocenters. The number of hydrogen-bond donors (Lipinski definition) is 1. The molecule has 0 spiro atoms. The highest BCUT2D eigenvalue weighted by molar-refractivity contribution is 5.84. The zero-order chi connectivity index (χ0) is 20.6. The Morgan fingerprint density at radius 2 is 1.86 bits per heavy atom. The van der Waals surface area contributed by atoms with Crippen molar-refractivity contribution < 1.29 is 14.3 Å². The molecule has 0 unspecified atom stereocenters. The van der Waals surface area contributed by atoms with Crippen LogP contribution >= 0.6 is 0 Å². The molecule has 4 rings (SSSR count). The summed E-state index contributed by atoms with van der Waals surface area (Å²) in [5, 5.41) is 5.41. The first-order chi connectivity index (χ1) is 13.8. The van der Waals surface area contributed by atoms with Crippen LogP contribution in [0.15, 0.2) is 60.7 Å². The standard InChI is InChI=1S/C25H27NO3/c1-16-9-12-23-21(13-16)22(15-25(3,4)29-23)26-24(27)17(2)28-20-11-10-18-7-5-6-8-19(18)14-20/h5-14,17,22H,15H2,1-4H3,(H,26,27)/t17-,22-/m1/s1. The Kier molecular flexibility index (Phi) is 4.95. The Labute approximate surface area is 171 Å². The van der Waals surface area contributed by atoms with Gasteiger partial charge in [0.1, 0.15) is 17.1 Å². The number of aryl methyl sites for hydroxylation is 1. The summed E-state index contributed by atoms with van der Waals surface area (Å²) in [6.07, 6.45) is 0.105. The van der Waals surface area contributed by atoms with Gasteiger partial charge in [0.2, 0.25) is 0 Å². The minimum Gasteiger partial charge on any atom is -0.487 e. The molecule has 1 aliphatic rings. The monoisotopic (exact) mass is 389 g/mol. The van der Waals surface area contributed by atoms with E-state index in [0.717, 1.165) is 27.6 Å². The lowest BCUT2D eigenvalue weighted by Crippen LogP contribution is -2.44. The van der Waals surface area contributed by atoms with Crippen molar-refractivity contribution in [3.05, 3.63) is 71.8 Å². The van der Waals surface area contributed by atoms with Crippen LogP contribution in [0, 0.1) is 6.92 Å². The molecule has 150 valence electrons. The fourth-order valence-corrected chi connectivity index (χ4v) is 3.89. The van der Waals surface area contributed by atoms with Gasteiger partial charge in [0.15, 0.2) is 6.10 Å². The van der Waals surface area contributed by atoms with Gasteiger partial charge in [-0.2, -0.15) is 0 Å². The molecule has 4 nitrogen and oxygen atoms in total. The van der Waals surface area contributed by atoms with Crippen LogP contribution in [0.3, 0.4) is 0 Å². The molecule has 4 heteroatoms. The highest BCUT2D eigenvalue weighted by Gasteiger charge is 2.35. The number of benzene rings is 3. The van der Waals surface area contributed by atoms with E-state index in [2.05, 4.69) is 17.4 Å². The minimum absolute atomic E-state index is 0.108. The highest BCUT2D eigenvalue weighted by Crippen LogP contribution is 2.40. The number of ether oxygens (including phenoxy) is 2. The molecule has 0 saturated heterocycles. The molecule has 0 radical (unpaired) electrons. The molecule has 0 saturated carbocycles. The normalized spacial score (nSPS) is 18.4. The summed E-state index contributed by atoms with van der Waals surface area (Å²) < 4.78 is 12.0. The molecule has 0 aromatic heterocycles. The molecule has 3 aromatic rings. The van der Waals surface area contributed by atoms with Crippen LogP contribution in [-0.4, -0.2) is 17.6 Å². The van der Waals surface area contributed by atoms with Crippen molar-refractivity contribution in [3.63, 3.8) is 0 Å². The molecule has 1 amide bonds. The van der Waals surface area contributed by atoms with Crippen LogP contribution in [0.25, 0.3) is 10.8 Å². The van der Waals surface area contributed by atoms with Crippen molar-refractivity contribution >= 4 is 16.7 Å². The predicted molar refractivity (Wildman–Crippen MR) is 115 cm³/mol. The molecule has 3 aromatic carbocycles. The Morgan fingerprint density at radius 1 is 1.10 bits per heavy atom. The van der Waals surface area contributed by atoms with Gasteiger partial charge in [0.05, 0.1) is 6.04 Å². The third-order valence-corrected chi connectivity index (χ3v) is 5.34. The molecular formula is C25H27NO3. The van der Waals surface area contributed by atoms with Gasteiger partial charge in [-0.15, -0.1) is 0 Å². The third kappa shape index (κ3) is 4.21. The molecule has 1 heterocycles. The fraction of sp³-hybridized carbons (Fsp3) is 0.320. The van der Waals surface area contributed by atoms with Crippen molar-refractivity contribution in [1.82, 2.24) is 5.32 Å². The second-order valence-electron chi connectivity index (χ2n) is 8.44. The van der Waals surface area contributed by atoms with Crippen LogP contribution in [0.4, 0.5) is 0 Å². The average molecular weight is 389 g/mol. The van der Waals surface area contributed by atoms with Gasteiger partial charge in [-0.05, 0) is 56.7 Å². The van der Waals surface area contributed by atoms with Gasteiger partial charge in [-0.3, -0.25) is 4.79 Å². The number of fused-ring (bicyclic) bond motifs is 2. The third-order valence-electron chi connectivity index (χ3n) is 5.34. The largest absolute Gasteiger partial charge is 0.487 e. The van der Waals surface area contributed by atoms with Crippen LogP contribution in [-0.2, 0) is 4.79 Å². The van der Waals surface area contributed by atoms with Crippen LogP contribution in [0.2, 0.25) is 0 Å². The summed E-state index contributed by atoms with van der Waals surface area (Å²) in [5.74, 6) is 1.39. The molecule has 1 N–H and O–H groups in total. The maximum absolute atomic E-state index is 12.9. The zero-order valence-electron chi connectivity index (χ0n) is 17.4. The van der Waals surface area contributed by atoms with E-state index in [1.165, 1.54) is 0 Å². The summed E-state index contributed by atoms with van der Waals surface area (Å²) >= 11 is 0. The van der Waals surface area contributed by atoms with E-state index >= 15 is 0 Å². The molecule has 0 aliphatic carbocycles. The number of rotatable bonds is 4. The first kappa shape index (κ1) is 19.3. The topological polar surface area (TPSA) is 47.6 Å². The van der Waals surface area contributed by atoms with E-state index in [1.807, 2.05) is 69.3 Å². The van der Waals surface area contributed by atoms with E-state index in [9.17, 15) is 4.79 Å². The molecular weight excluding hydrogens is 362 g/mol. The van der Waals surface area contributed by atoms with Gasteiger partial charge >= 0.3 is 0 Å². The van der Waals surface area contributed by atoms with Crippen molar-refractivity contribution in [2.75, 3.05) is 0 Å². The Hall–Kier alpha value is -3.01. The van der Waals surface area contributed by atoms with Gasteiger partial charge in [-0.25, -0.2) is 0 Å². The summed E-state index contributed by atoms with van der Waals surface area (Å²) in [4.78, 5) is 12.9. The first-order valence-corrected chi connectivity index (χ1v) is 10.1. The van der Waals surface area contributed by atoms with E-state index in [-0.39, 0.29) is 17.6 Å². The maximum Gasteiger partial charge on any atom is 0.261 e. The second kappa shape index (κ2) is 7.43. The Bertz CT molecular complexity index is 1060. The second-order valence-corrected chi connectivity index (χ2v) is 8.44. The van der Waals surface area contributed by atoms with E-state index < -0.39 is 6.10 Å². The number of amides is 1. The summed E-state index contributed by atoms with van der Waals surface area (Å²) in [7, 11) is 0. The summed E-state index contributed by atoms with van der Waals surface area (Å²) in [6.45, 7) is 7.92. The summed E-state index contributed by atoms with van der Waals surface area (Å²) in [5.41, 5.74) is 1.82. The zero-order valence-corrected chi connectivity index (χ0v) is 17.4.